The van der Waals surface area contributed by atoms with E-state index in [2.05, 4.69) is 13.8 Å². The Labute approximate surface area is 108 Å². The molecule has 1 fully saturated rings. The maximum Gasteiger partial charge on any atom is 0.182 e. The Morgan fingerprint density at radius 3 is 2.28 bits per heavy atom. The normalized spacial score (nSPS) is 18.9. The summed E-state index contributed by atoms with van der Waals surface area (Å²) in [6, 6.07) is 7.81. The monoisotopic (exact) mass is 247 g/mol. The summed E-state index contributed by atoms with van der Waals surface area (Å²) in [5, 5.41) is 0. The third-order valence-electron chi connectivity index (χ3n) is 3.68. The summed E-state index contributed by atoms with van der Waals surface area (Å²) >= 11 is 0. The van der Waals surface area contributed by atoms with Gasteiger partial charge in [-0.05, 0) is 24.3 Å². The summed E-state index contributed by atoms with van der Waals surface area (Å²) in [6.45, 7) is 5.43. The molecule has 0 bridgehead atoms. The molecule has 0 saturated carbocycles. The largest absolute Gasteiger partial charge is 0.381 e. The summed E-state index contributed by atoms with van der Waals surface area (Å²) < 4.78 is 5.27. The molecule has 1 heterocycles. The minimum atomic E-state index is -0.738. The molecule has 0 unspecified atom stereocenters. The molecule has 0 radical (unpaired) electrons. The van der Waals surface area contributed by atoms with Gasteiger partial charge in [0.15, 0.2) is 5.78 Å². The Hall–Kier alpha value is -1.19. The lowest BCUT2D eigenvalue weighted by Crippen LogP contribution is -2.51. The second kappa shape index (κ2) is 5.21. The number of hydrogen-bond donors (Lipinski definition) is 1. The molecule has 18 heavy (non-hydrogen) atoms. The van der Waals surface area contributed by atoms with Crippen LogP contribution in [0.4, 0.5) is 0 Å². The molecule has 3 nitrogen and oxygen atoms in total. The molecule has 3 heteroatoms. The van der Waals surface area contributed by atoms with Crippen molar-refractivity contribution in [2.45, 2.75) is 38.1 Å². The number of carbonyl (C=O) groups is 1. The van der Waals surface area contributed by atoms with Crippen molar-refractivity contribution in [3.8, 4) is 0 Å². The highest BCUT2D eigenvalue weighted by Gasteiger charge is 2.36. The molecule has 2 N–H and O–H groups in total. The van der Waals surface area contributed by atoms with Crippen LogP contribution in [0, 0.1) is 0 Å². The summed E-state index contributed by atoms with van der Waals surface area (Å²) in [4.78, 5) is 12.4. The molecule has 1 aromatic rings. The Kier molecular flexibility index (Phi) is 3.83. The van der Waals surface area contributed by atoms with Gasteiger partial charge in [0.1, 0.15) is 0 Å². The van der Waals surface area contributed by atoms with Gasteiger partial charge in [-0.2, -0.15) is 0 Å². The van der Waals surface area contributed by atoms with Gasteiger partial charge in [-0.3, -0.25) is 4.79 Å². The number of Topliss-reactive ketones (excluding diaryl/α,β-unsaturated/α-hetero) is 1. The summed E-state index contributed by atoms with van der Waals surface area (Å²) in [6.07, 6.45) is 1.22. The zero-order valence-corrected chi connectivity index (χ0v) is 11.1. The van der Waals surface area contributed by atoms with E-state index in [0.29, 0.717) is 37.5 Å². The van der Waals surface area contributed by atoms with Crippen molar-refractivity contribution in [2.24, 2.45) is 5.73 Å². The Morgan fingerprint density at radius 2 is 1.78 bits per heavy atom. The number of nitrogens with two attached hydrogens (primary N) is 1. The number of carbonyl (C=O) groups excluding carboxylic acids is 1. The number of ketones is 1. The molecule has 0 spiro atoms. The lowest BCUT2D eigenvalue weighted by Gasteiger charge is -2.31. The van der Waals surface area contributed by atoms with E-state index in [1.165, 1.54) is 5.56 Å². The van der Waals surface area contributed by atoms with Crippen LogP contribution in [0.1, 0.15) is 48.5 Å². The molecule has 1 aliphatic heterocycles. The van der Waals surface area contributed by atoms with Crippen LogP contribution in [-0.4, -0.2) is 24.5 Å². The van der Waals surface area contributed by atoms with Gasteiger partial charge in [-0.15, -0.1) is 0 Å². The standard InChI is InChI=1S/C15H21NO2/c1-11(2)12-3-5-13(6-4-12)14(17)15(16)7-9-18-10-8-15/h3-6,11H,7-10,16H2,1-2H3. The lowest BCUT2D eigenvalue weighted by molar-refractivity contribution is 0.0448. The van der Waals surface area contributed by atoms with Gasteiger partial charge >= 0.3 is 0 Å². The van der Waals surface area contributed by atoms with Crippen LogP contribution in [0.3, 0.4) is 0 Å². The second-order valence-electron chi connectivity index (χ2n) is 5.37. The molecule has 1 aliphatic rings. The van der Waals surface area contributed by atoms with E-state index in [-0.39, 0.29) is 5.78 Å². The topological polar surface area (TPSA) is 52.3 Å². The van der Waals surface area contributed by atoms with E-state index in [0.717, 1.165) is 0 Å². The predicted octanol–water partition coefficient (Wildman–Crippen LogP) is 2.50. The van der Waals surface area contributed by atoms with E-state index in [1.54, 1.807) is 0 Å². The van der Waals surface area contributed by atoms with Gasteiger partial charge in [-0.1, -0.05) is 38.1 Å². The molecule has 2 rings (SSSR count). The van der Waals surface area contributed by atoms with Gasteiger partial charge in [0.2, 0.25) is 0 Å². The summed E-state index contributed by atoms with van der Waals surface area (Å²) in [5.41, 5.74) is 7.42. The molecular weight excluding hydrogens is 226 g/mol. The van der Waals surface area contributed by atoms with Crippen LogP contribution < -0.4 is 5.73 Å². The molecular formula is C15H21NO2. The third kappa shape index (κ3) is 2.62. The fourth-order valence-corrected chi connectivity index (χ4v) is 2.27. The quantitative estimate of drug-likeness (QED) is 0.835. The van der Waals surface area contributed by atoms with Crippen LogP contribution in [-0.2, 0) is 4.74 Å². The molecule has 0 aromatic heterocycles. The van der Waals surface area contributed by atoms with Gasteiger partial charge in [-0.25, -0.2) is 0 Å². The minimum Gasteiger partial charge on any atom is -0.381 e. The average Bonchev–Trinajstić information content (AvgIpc) is 2.39. The van der Waals surface area contributed by atoms with Crippen LogP contribution in [0.15, 0.2) is 24.3 Å². The smallest absolute Gasteiger partial charge is 0.182 e. The highest BCUT2D eigenvalue weighted by atomic mass is 16.5. The van der Waals surface area contributed by atoms with Crippen molar-refractivity contribution in [3.63, 3.8) is 0 Å². The van der Waals surface area contributed by atoms with Gasteiger partial charge < -0.3 is 10.5 Å². The van der Waals surface area contributed by atoms with E-state index in [4.69, 9.17) is 10.5 Å². The van der Waals surface area contributed by atoms with Crippen molar-refractivity contribution >= 4 is 5.78 Å². The fraction of sp³-hybridized carbons (Fsp3) is 0.533. The van der Waals surface area contributed by atoms with Gasteiger partial charge in [0.05, 0.1) is 5.54 Å². The summed E-state index contributed by atoms with van der Waals surface area (Å²) in [7, 11) is 0. The highest BCUT2D eigenvalue weighted by molar-refractivity contribution is 6.03. The average molecular weight is 247 g/mol. The molecule has 1 saturated heterocycles. The molecule has 0 aliphatic carbocycles. The number of hydrogen-bond acceptors (Lipinski definition) is 3. The zero-order chi connectivity index (χ0) is 13.2. The van der Waals surface area contributed by atoms with E-state index in [1.807, 2.05) is 24.3 Å². The van der Waals surface area contributed by atoms with E-state index >= 15 is 0 Å². The maximum atomic E-state index is 12.4. The molecule has 1 aromatic carbocycles. The first-order chi connectivity index (χ1) is 8.53. The third-order valence-corrected chi connectivity index (χ3v) is 3.68. The van der Waals surface area contributed by atoms with Crippen molar-refractivity contribution in [3.05, 3.63) is 35.4 Å². The van der Waals surface area contributed by atoms with Crippen molar-refractivity contribution in [1.29, 1.82) is 0 Å². The SMILES string of the molecule is CC(C)c1ccc(C(=O)C2(N)CCOCC2)cc1. The zero-order valence-electron chi connectivity index (χ0n) is 11.1. The first-order valence-electron chi connectivity index (χ1n) is 6.54. The molecule has 0 amide bonds. The van der Waals surface area contributed by atoms with Crippen LogP contribution in [0.2, 0.25) is 0 Å². The predicted molar refractivity (Wildman–Crippen MR) is 71.8 cm³/mol. The second-order valence-corrected chi connectivity index (χ2v) is 5.37. The fourth-order valence-electron chi connectivity index (χ4n) is 2.27. The Bertz CT molecular complexity index is 417. The molecule has 98 valence electrons. The van der Waals surface area contributed by atoms with E-state index < -0.39 is 5.54 Å². The van der Waals surface area contributed by atoms with Crippen LogP contribution in [0.5, 0.6) is 0 Å². The van der Waals surface area contributed by atoms with Crippen LogP contribution in [0.25, 0.3) is 0 Å². The Balaban J connectivity index is 2.17. The number of ether oxygens (including phenoxy) is 1. The van der Waals surface area contributed by atoms with Gasteiger partial charge in [0, 0.05) is 18.8 Å². The van der Waals surface area contributed by atoms with Crippen LogP contribution >= 0.6 is 0 Å². The number of rotatable bonds is 3. The van der Waals surface area contributed by atoms with Gasteiger partial charge in [0.25, 0.3) is 0 Å². The number of benzene rings is 1. The summed E-state index contributed by atoms with van der Waals surface area (Å²) in [5.74, 6) is 0.519. The highest BCUT2D eigenvalue weighted by Crippen LogP contribution is 2.24. The first-order valence-corrected chi connectivity index (χ1v) is 6.54. The lowest BCUT2D eigenvalue weighted by atomic mass is 9.83. The van der Waals surface area contributed by atoms with Crippen molar-refractivity contribution in [1.82, 2.24) is 0 Å². The maximum absolute atomic E-state index is 12.4. The minimum absolute atomic E-state index is 0.0427. The first kappa shape index (κ1) is 13.2. The molecule has 0 atom stereocenters. The van der Waals surface area contributed by atoms with Crippen molar-refractivity contribution < 1.29 is 9.53 Å². The Morgan fingerprint density at radius 1 is 1.22 bits per heavy atom. The van der Waals surface area contributed by atoms with Crippen molar-refractivity contribution in [2.75, 3.05) is 13.2 Å². The van der Waals surface area contributed by atoms with E-state index in [9.17, 15) is 4.79 Å².